The Morgan fingerprint density at radius 3 is 2.67 bits per heavy atom. The van der Waals surface area contributed by atoms with E-state index in [0.29, 0.717) is 22.2 Å². The molecule has 0 radical (unpaired) electrons. The quantitative estimate of drug-likeness (QED) is 0.794. The molecular formula is C15H15ClN2O3. The first kappa shape index (κ1) is 15.2. The number of carbonyl (C=O) groups excluding carboxylic acids is 1. The van der Waals surface area contributed by atoms with Gasteiger partial charge in [0.25, 0.3) is 0 Å². The van der Waals surface area contributed by atoms with Crippen molar-refractivity contribution in [1.82, 2.24) is 5.32 Å². The van der Waals surface area contributed by atoms with Gasteiger partial charge in [0, 0.05) is 11.6 Å². The third-order valence-electron chi connectivity index (χ3n) is 2.56. The summed E-state index contributed by atoms with van der Waals surface area (Å²) < 4.78 is 5.72. The SMILES string of the molecule is O=C(NCCO)Nc1cc(Cl)ccc1Oc1ccccc1. The van der Waals surface area contributed by atoms with Crippen molar-refractivity contribution in [2.24, 2.45) is 0 Å². The molecule has 0 aliphatic heterocycles. The number of anilines is 1. The Kier molecular flexibility index (Phi) is 5.43. The highest BCUT2D eigenvalue weighted by molar-refractivity contribution is 6.31. The fraction of sp³-hybridized carbons (Fsp3) is 0.133. The highest BCUT2D eigenvalue weighted by atomic mass is 35.5. The Balaban J connectivity index is 2.15. The number of ether oxygens (including phenoxy) is 1. The average Bonchev–Trinajstić information content (AvgIpc) is 2.49. The Hall–Kier alpha value is -2.24. The van der Waals surface area contributed by atoms with Crippen LogP contribution in [-0.2, 0) is 0 Å². The van der Waals surface area contributed by atoms with Crippen molar-refractivity contribution >= 4 is 23.3 Å². The van der Waals surface area contributed by atoms with Crippen molar-refractivity contribution in [2.75, 3.05) is 18.5 Å². The number of aliphatic hydroxyl groups excluding tert-OH is 1. The van der Waals surface area contributed by atoms with Crippen molar-refractivity contribution in [3.05, 3.63) is 53.6 Å². The average molecular weight is 307 g/mol. The molecule has 0 fully saturated rings. The molecule has 2 aromatic rings. The highest BCUT2D eigenvalue weighted by Crippen LogP contribution is 2.31. The molecule has 2 rings (SSSR count). The highest BCUT2D eigenvalue weighted by Gasteiger charge is 2.09. The van der Waals surface area contributed by atoms with E-state index in [2.05, 4.69) is 10.6 Å². The summed E-state index contributed by atoms with van der Waals surface area (Å²) in [6, 6.07) is 13.7. The molecule has 2 aromatic carbocycles. The van der Waals surface area contributed by atoms with Gasteiger partial charge in [0.1, 0.15) is 5.75 Å². The molecule has 3 N–H and O–H groups in total. The van der Waals surface area contributed by atoms with Gasteiger partial charge in [0.2, 0.25) is 0 Å². The van der Waals surface area contributed by atoms with Crippen LogP contribution < -0.4 is 15.4 Å². The summed E-state index contributed by atoms with van der Waals surface area (Å²) in [5.74, 6) is 1.13. The van der Waals surface area contributed by atoms with E-state index in [-0.39, 0.29) is 13.2 Å². The smallest absolute Gasteiger partial charge is 0.319 e. The zero-order valence-electron chi connectivity index (χ0n) is 11.2. The number of halogens is 1. The van der Waals surface area contributed by atoms with E-state index in [1.165, 1.54) is 0 Å². The normalized spacial score (nSPS) is 10.0. The third kappa shape index (κ3) is 4.66. The number of benzene rings is 2. The Labute approximate surface area is 127 Å². The first-order valence-electron chi connectivity index (χ1n) is 6.37. The van der Waals surface area contributed by atoms with Gasteiger partial charge in [0.15, 0.2) is 5.75 Å². The number of nitrogens with one attached hydrogen (secondary N) is 2. The summed E-state index contributed by atoms with van der Waals surface area (Å²) in [5, 5.41) is 14.3. The van der Waals surface area contributed by atoms with Crippen molar-refractivity contribution < 1.29 is 14.6 Å². The number of hydrogen-bond donors (Lipinski definition) is 3. The molecule has 0 heterocycles. The van der Waals surface area contributed by atoms with Gasteiger partial charge in [-0.1, -0.05) is 29.8 Å². The first-order chi connectivity index (χ1) is 10.2. The lowest BCUT2D eigenvalue weighted by molar-refractivity contribution is 0.244. The molecule has 0 saturated carbocycles. The van der Waals surface area contributed by atoms with E-state index >= 15 is 0 Å². The molecule has 0 spiro atoms. The van der Waals surface area contributed by atoms with Gasteiger partial charge in [-0.2, -0.15) is 0 Å². The minimum Gasteiger partial charge on any atom is -0.455 e. The topological polar surface area (TPSA) is 70.6 Å². The molecule has 0 saturated heterocycles. The summed E-state index contributed by atoms with van der Waals surface area (Å²) in [7, 11) is 0. The van der Waals surface area contributed by atoms with E-state index in [4.69, 9.17) is 21.4 Å². The second kappa shape index (κ2) is 7.52. The molecule has 110 valence electrons. The number of carbonyl (C=O) groups is 1. The van der Waals surface area contributed by atoms with Crippen LogP contribution in [0.3, 0.4) is 0 Å². The zero-order chi connectivity index (χ0) is 15.1. The molecule has 21 heavy (non-hydrogen) atoms. The first-order valence-corrected chi connectivity index (χ1v) is 6.75. The molecule has 2 amide bonds. The van der Waals surface area contributed by atoms with E-state index in [0.717, 1.165) is 0 Å². The monoisotopic (exact) mass is 306 g/mol. The largest absolute Gasteiger partial charge is 0.455 e. The van der Waals surface area contributed by atoms with Gasteiger partial charge in [-0.05, 0) is 30.3 Å². The second-order valence-electron chi connectivity index (χ2n) is 4.16. The number of urea groups is 1. The predicted molar refractivity (Wildman–Crippen MR) is 82.1 cm³/mol. The van der Waals surface area contributed by atoms with Crippen molar-refractivity contribution in [3.63, 3.8) is 0 Å². The number of hydrogen-bond acceptors (Lipinski definition) is 3. The minimum atomic E-state index is -0.441. The van der Waals surface area contributed by atoms with E-state index < -0.39 is 6.03 Å². The van der Waals surface area contributed by atoms with Gasteiger partial charge in [-0.15, -0.1) is 0 Å². The maximum absolute atomic E-state index is 11.7. The fourth-order valence-electron chi connectivity index (χ4n) is 1.64. The maximum atomic E-state index is 11.7. The van der Waals surface area contributed by atoms with Gasteiger partial charge in [-0.3, -0.25) is 0 Å². The van der Waals surface area contributed by atoms with Gasteiger partial charge < -0.3 is 20.5 Å². The van der Waals surface area contributed by atoms with Crippen LogP contribution in [0.4, 0.5) is 10.5 Å². The lowest BCUT2D eigenvalue weighted by atomic mass is 10.3. The van der Waals surface area contributed by atoms with Crippen LogP contribution in [-0.4, -0.2) is 24.3 Å². The van der Waals surface area contributed by atoms with Crippen molar-refractivity contribution in [3.8, 4) is 11.5 Å². The van der Waals surface area contributed by atoms with Gasteiger partial charge >= 0.3 is 6.03 Å². The third-order valence-corrected chi connectivity index (χ3v) is 2.79. The number of aliphatic hydroxyl groups is 1. The van der Waals surface area contributed by atoms with Crippen LogP contribution in [0.15, 0.2) is 48.5 Å². The van der Waals surface area contributed by atoms with Crippen molar-refractivity contribution in [1.29, 1.82) is 0 Å². The van der Waals surface area contributed by atoms with E-state index in [1.807, 2.05) is 30.3 Å². The Morgan fingerprint density at radius 2 is 1.95 bits per heavy atom. The minimum absolute atomic E-state index is 0.129. The van der Waals surface area contributed by atoms with Gasteiger partial charge in [-0.25, -0.2) is 4.79 Å². The van der Waals surface area contributed by atoms with Crippen LogP contribution in [0.25, 0.3) is 0 Å². The Morgan fingerprint density at radius 1 is 1.19 bits per heavy atom. The maximum Gasteiger partial charge on any atom is 0.319 e. The van der Waals surface area contributed by atoms with Crippen LogP contribution in [0, 0.1) is 0 Å². The summed E-state index contributed by atoms with van der Waals surface area (Å²) in [6.45, 7) is 0.0393. The number of amides is 2. The van der Waals surface area contributed by atoms with Gasteiger partial charge in [0.05, 0.1) is 12.3 Å². The van der Waals surface area contributed by atoms with Crippen LogP contribution in [0.1, 0.15) is 0 Å². The molecule has 0 aliphatic rings. The molecule has 0 bridgehead atoms. The number of para-hydroxylation sites is 1. The molecule has 0 atom stereocenters. The molecule has 6 heteroatoms. The van der Waals surface area contributed by atoms with Crippen molar-refractivity contribution in [2.45, 2.75) is 0 Å². The molecule has 0 unspecified atom stereocenters. The summed E-state index contributed by atoms with van der Waals surface area (Å²) in [6.07, 6.45) is 0. The lowest BCUT2D eigenvalue weighted by Crippen LogP contribution is -2.31. The lowest BCUT2D eigenvalue weighted by Gasteiger charge is -2.13. The van der Waals surface area contributed by atoms with Crippen LogP contribution >= 0.6 is 11.6 Å². The van der Waals surface area contributed by atoms with Crippen LogP contribution in [0.5, 0.6) is 11.5 Å². The fourth-order valence-corrected chi connectivity index (χ4v) is 1.81. The second-order valence-corrected chi connectivity index (χ2v) is 4.60. The Bertz CT molecular complexity index is 605. The molecule has 0 aliphatic carbocycles. The number of rotatable bonds is 5. The summed E-state index contributed by atoms with van der Waals surface area (Å²) >= 11 is 5.94. The summed E-state index contributed by atoms with van der Waals surface area (Å²) in [5.41, 5.74) is 0.446. The van der Waals surface area contributed by atoms with Crippen LogP contribution in [0.2, 0.25) is 5.02 Å². The molecule has 0 aromatic heterocycles. The van der Waals surface area contributed by atoms with E-state index in [9.17, 15) is 4.79 Å². The zero-order valence-corrected chi connectivity index (χ0v) is 11.9. The standard InChI is InChI=1S/C15H15ClN2O3/c16-11-6-7-14(21-12-4-2-1-3-5-12)13(10-11)18-15(20)17-8-9-19/h1-7,10,19H,8-9H2,(H2,17,18,20). The van der Waals surface area contributed by atoms with E-state index in [1.54, 1.807) is 18.2 Å². The molecule has 5 nitrogen and oxygen atoms in total. The molecular weight excluding hydrogens is 292 g/mol. The predicted octanol–water partition coefficient (Wildman–Crippen LogP) is 3.25. The summed E-state index contributed by atoms with van der Waals surface area (Å²) in [4.78, 5) is 11.7.